The molecule has 2 heterocycles. The molecule has 2 amide bonds. The standard InChI is InChI=1S/C20H20ClN3O3/c1-11(8-13-9-12(2)16(17(21)23-13)18(22)27-3)10-24-19(25)14-6-4-5-7-15(14)20(24)26/h4-7,9,11,22H,8,10H2,1-3H3. The molecule has 140 valence electrons. The number of aromatic nitrogens is 1. The van der Waals surface area contributed by atoms with Crippen LogP contribution >= 0.6 is 11.6 Å². The Morgan fingerprint density at radius 3 is 2.37 bits per heavy atom. The van der Waals surface area contributed by atoms with Crippen LogP contribution in [0.1, 0.15) is 44.5 Å². The minimum absolute atomic E-state index is 0.00269. The number of hydrogen-bond donors (Lipinski definition) is 1. The molecule has 7 heteroatoms. The molecule has 2 aromatic rings. The van der Waals surface area contributed by atoms with Gasteiger partial charge in [0.25, 0.3) is 11.8 Å². The van der Waals surface area contributed by atoms with Crippen LogP contribution in [0.5, 0.6) is 0 Å². The molecule has 1 aliphatic heterocycles. The van der Waals surface area contributed by atoms with Crippen molar-refractivity contribution in [2.24, 2.45) is 5.92 Å². The summed E-state index contributed by atoms with van der Waals surface area (Å²) in [5, 5.41) is 8.01. The van der Waals surface area contributed by atoms with Crippen LogP contribution in [0.25, 0.3) is 0 Å². The fraction of sp³-hybridized carbons (Fsp3) is 0.300. The smallest absolute Gasteiger partial charge is 0.261 e. The number of pyridine rings is 1. The SMILES string of the molecule is COC(=N)c1c(C)cc(CC(C)CN2C(=O)c3ccccc3C2=O)nc1Cl. The van der Waals surface area contributed by atoms with Gasteiger partial charge in [0.1, 0.15) is 5.15 Å². The number of hydrogen-bond acceptors (Lipinski definition) is 5. The van der Waals surface area contributed by atoms with E-state index in [1.165, 1.54) is 12.0 Å². The molecule has 1 aromatic heterocycles. The average Bonchev–Trinajstić information content (AvgIpc) is 2.86. The summed E-state index contributed by atoms with van der Waals surface area (Å²) in [5.74, 6) is -0.541. The zero-order chi connectivity index (χ0) is 19.7. The Labute approximate surface area is 162 Å². The van der Waals surface area contributed by atoms with Crippen LogP contribution in [-0.2, 0) is 11.2 Å². The Morgan fingerprint density at radius 2 is 1.85 bits per heavy atom. The van der Waals surface area contributed by atoms with Gasteiger partial charge in [-0.1, -0.05) is 30.7 Å². The molecule has 27 heavy (non-hydrogen) atoms. The maximum absolute atomic E-state index is 12.5. The van der Waals surface area contributed by atoms with Crippen molar-refractivity contribution >= 4 is 29.3 Å². The summed E-state index contributed by atoms with van der Waals surface area (Å²) < 4.78 is 4.94. The number of nitrogens with zero attached hydrogens (tertiary/aromatic N) is 2. The van der Waals surface area contributed by atoms with Crippen molar-refractivity contribution in [3.8, 4) is 0 Å². The predicted octanol–water partition coefficient (Wildman–Crippen LogP) is 3.49. The summed E-state index contributed by atoms with van der Waals surface area (Å²) in [6, 6.07) is 8.71. The molecule has 0 saturated carbocycles. The zero-order valence-electron chi connectivity index (χ0n) is 15.4. The third kappa shape index (κ3) is 3.57. The predicted molar refractivity (Wildman–Crippen MR) is 102 cm³/mol. The number of nitrogens with one attached hydrogen (secondary N) is 1. The monoisotopic (exact) mass is 385 g/mol. The number of aryl methyl sites for hydroxylation is 1. The second-order valence-corrected chi connectivity index (χ2v) is 7.06. The summed E-state index contributed by atoms with van der Waals surface area (Å²) in [6.45, 7) is 4.11. The van der Waals surface area contributed by atoms with Gasteiger partial charge in [0.2, 0.25) is 5.90 Å². The Balaban J connectivity index is 1.74. The van der Waals surface area contributed by atoms with Crippen LogP contribution < -0.4 is 0 Å². The number of halogens is 1. The van der Waals surface area contributed by atoms with E-state index in [0.717, 1.165) is 11.3 Å². The van der Waals surface area contributed by atoms with Crippen LogP contribution in [0.2, 0.25) is 5.15 Å². The molecule has 0 bridgehead atoms. The molecule has 6 nitrogen and oxygen atoms in total. The first-order valence-electron chi connectivity index (χ1n) is 8.57. The van der Waals surface area contributed by atoms with Crippen molar-refractivity contribution in [3.05, 3.63) is 63.4 Å². The topological polar surface area (TPSA) is 83.4 Å². The van der Waals surface area contributed by atoms with E-state index in [1.807, 2.05) is 19.9 Å². The molecule has 1 unspecified atom stereocenters. The summed E-state index contributed by atoms with van der Waals surface area (Å²) in [5.41, 5.74) is 2.92. The van der Waals surface area contributed by atoms with Crippen molar-refractivity contribution in [3.63, 3.8) is 0 Å². The first-order valence-corrected chi connectivity index (χ1v) is 8.95. The number of ether oxygens (including phenoxy) is 1. The second-order valence-electron chi connectivity index (χ2n) is 6.71. The quantitative estimate of drug-likeness (QED) is 0.369. The van der Waals surface area contributed by atoms with E-state index in [9.17, 15) is 9.59 Å². The van der Waals surface area contributed by atoms with Gasteiger partial charge in [-0.05, 0) is 43.0 Å². The lowest BCUT2D eigenvalue weighted by Gasteiger charge is -2.19. The third-order valence-electron chi connectivity index (χ3n) is 4.59. The van der Waals surface area contributed by atoms with Crippen molar-refractivity contribution < 1.29 is 14.3 Å². The van der Waals surface area contributed by atoms with Gasteiger partial charge in [-0.2, -0.15) is 0 Å². The molecular weight excluding hydrogens is 366 g/mol. The molecule has 0 aliphatic carbocycles. The molecule has 0 radical (unpaired) electrons. The van der Waals surface area contributed by atoms with Crippen LogP contribution in [0, 0.1) is 18.3 Å². The van der Waals surface area contributed by atoms with E-state index < -0.39 is 0 Å². The van der Waals surface area contributed by atoms with Gasteiger partial charge in [-0.3, -0.25) is 19.9 Å². The molecule has 0 spiro atoms. The van der Waals surface area contributed by atoms with Gasteiger partial charge in [-0.25, -0.2) is 4.98 Å². The summed E-state index contributed by atoms with van der Waals surface area (Å²) in [4.78, 5) is 30.6. The maximum Gasteiger partial charge on any atom is 0.261 e. The number of amides is 2. The third-order valence-corrected chi connectivity index (χ3v) is 4.86. The summed E-state index contributed by atoms with van der Waals surface area (Å²) >= 11 is 6.22. The fourth-order valence-corrected chi connectivity index (χ4v) is 3.66. The molecule has 1 N–H and O–H groups in total. The van der Waals surface area contributed by atoms with Gasteiger partial charge in [-0.15, -0.1) is 0 Å². The van der Waals surface area contributed by atoms with Gasteiger partial charge >= 0.3 is 0 Å². The van der Waals surface area contributed by atoms with Crippen molar-refractivity contribution in [2.45, 2.75) is 20.3 Å². The zero-order valence-corrected chi connectivity index (χ0v) is 16.1. The molecule has 1 atom stereocenters. The van der Waals surface area contributed by atoms with Crippen molar-refractivity contribution in [2.75, 3.05) is 13.7 Å². The van der Waals surface area contributed by atoms with Gasteiger partial charge in [0, 0.05) is 12.2 Å². The number of benzene rings is 1. The number of carbonyl (C=O) groups is 2. The Morgan fingerprint density at radius 1 is 1.26 bits per heavy atom. The van der Waals surface area contributed by atoms with Gasteiger partial charge in [0.15, 0.2) is 0 Å². The first-order chi connectivity index (χ1) is 12.8. The number of imide groups is 1. The maximum atomic E-state index is 12.5. The highest BCUT2D eigenvalue weighted by Gasteiger charge is 2.35. The molecule has 0 saturated heterocycles. The van der Waals surface area contributed by atoms with Crippen LogP contribution in [-0.4, -0.2) is 41.3 Å². The van der Waals surface area contributed by atoms with Crippen LogP contribution in [0.3, 0.4) is 0 Å². The lowest BCUT2D eigenvalue weighted by atomic mass is 10.0. The van der Waals surface area contributed by atoms with E-state index >= 15 is 0 Å². The van der Waals surface area contributed by atoms with Crippen molar-refractivity contribution in [1.29, 1.82) is 5.41 Å². The Hall–Kier alpha value is -2.73. The highest BCUT2D eigenvalue weighted by atomic mass is 35.5. The molecule has 3 rings (SSSR count). The lowest BCUT2D eigenvalue weighted by molar-refractivity contribution is 0.0632. The Bertz CT molecular complexity index is 884. The van der Waals surface area contributed by atoms with E-state index in [2.05, 4.69) is 4.98 Å². The molecule has 0 fully saturated rings. The van der Waals surface area contributed by atoms with Crippen molar-refractivity contribution in [1.82, 2.24) is 9.88 Å². The first kappa shape index (κ1) is 19.0. The second kappa shape index (κ2) is 7.48. The van der Waals surface area contributed by atoms with Gasteiger partial charge < -0.3 is 4.74 Å². The highest BCUT2D eigenvalue weighted by Crippen LogP contribution is 2.25. The van der Waals surface area contributed by atoms with E-state index in [4.69, 9.17) is 21.7 Å². The number of rotatable bonds is 5. The molecule has 1 aromatic carbocycles. The normalized spacial score (nSPS) is 14.3. The van der Waals surface area contributed by atoms with E-state index in [0.29, 0.717) is 29.7 Å². The lowest BCUT2D eigenvalue weighted by Crippen LogP contribution is -2.34. The molecule has 1 aliphatic rings. The minimum atomic E-state index is -0.256. The largest absolute Gasteiger partial charge is 0.481 e. The van der Waals surface area contributed by atoms with Crippen LogP contribution in [0.4, 0.5) is 0 Å². The van der Waals surface area contributed by atoms with Gasteiger partial charge in [0.05, 0.1) is 23.8 Å². The van der Waals surface area contributed by atoms with E-state index in [1.54, 1.807) is 24.3 Å². The summed E-state index contributed by atoms with van der Waals surface area (Å²) in [6.07, 6.45) is 0.550. The highest BCUT2D eigenvalue weighted by molar-refractivity contribution is 6.32. The summed E-state index contributed by atoms with van der Waals surface area (Å²) in [7, 11) is 1.41. The van der Waals surface area contributed by atoms with Crippen LogP contribution in [0.15, 0.2) is 30.3 Å². The number of methoxy groups -OCH3 is 1. The average molecular weight is 386 g/mol. The fourth-order valence-electron chi connectivity index (χ4n) is 3.32. The van der Waals surface area contributed by atoms with E-state index in [-0.39, 0.29) is 28.8 Å². The number of carbonyl (C=O) groups excluding carboxylic acids is 2. The minimum Gasteiger partial charge on any atom is -0.481 e. The Kier molecular flexibility index (Phi) is 5.28. The molecular formula is C20H20ClN3O3. The number of fused-ring (bicyclic) bond motifs is 1.